The number of nitro groups is 1. The average molecular weight is 466 g/mol. The number of aromatic nitrogens is 3. The van der Waals surface area contributed by atoms with Crippen LogP contribution in [0.15, 0.2) is 60.8 Å². The number of esters is 1. The van der Waals surface area contributed by atoms with Gasteiger partial charge in [0.05, 0.1) is 23.2 Å². The minimum absolute atomic E-state index is 0.0308. The molecule has 0 saturated heterocycles. The van der Waals surface area contributed by atoms with Gasteiger partial charge in [-0.25, -0.2) is 9.78 Å². The Kier molecular flexibility index (Phi) is 6.01. The maximum Gasteiger partial charge on any atom is 0.343 e. The lowest BCUT2D eigenvalue weighted by atomic mass is 10.1. The molecule has 1 N–H and O–H groups in total. The van der Waals surface area contributed by atoms with Crippen molar-refractivity contribution in [1.29, 1.82) is 0 Å². The van der Waals surface area contributed by atoms with E-state index in [2.05, 4.69) is 15.4 Å². The van der Waals surface area contributed by atoms with E-state index >= 15 is 0 Å². The van der Waals surface area contributed by atoms with Gasteiger partial charge >= 0.3 is 5.97 Å². The summed E-state index contributed by atoms with van der Waals surface area (Å²) in [5.41, 5.74) is -0.0726. The predicted octanol–water partition coefficient (Wildman–Crippen LogP) is 4.41. The van der Waals surface area contributed by atoms with Crippen LogP contribution in [0.1, 0.15) is 27.6 Å². The summed E-state index contributed by atoms with van der Waals surface area (Å²) in [6, 6.07) is 14.6. The molecule has 0 aliphatic heterocycles. The van der Waals surface area contributed by atoms with Crippen LogP contribution in [0.5, 0.6) is 0 Å². The Bertz CT molecular complexity index is 1400. The van der Waals surface area contributed by atoms with Crippen molar-refractivity contribution in [3.05, 3.63) is 87.1 Å². The maximum absolute atomic E-state index is 13.0. The summed E-state index contributed by atoms with van der Waals surface area (Å²) in [4.78, 5) is 40.7. The Balaban J connectivity index is 1.80. The molecule has 1 amide bonds. The minimum atomic E-state index is -0.827. The van der Waals surface area contributed by atoms with Crippen LogP contribution in [0.3, 0.4) is 0 Å². The second-order valence-corrected chi connectivity index (χ2v) is 7.21. The van der Waals surface area contributed by atoms with Crippen LogP contribution in [0.4, 0.5) is 11.5 Å². The molecular weight excluding hydrogens is 450 g/mol. The fraction of sp³-hybridized carbons (Fsp3) is 0.0909. The van der Waals surface area contributed by atoms with Crippen LogP contribution in [0, 0.1) is 10.1 Å². The highest BCUT2D eigenvalue weighted by molar-refractivity contribution is 6.31. The Hall–Kier alpha value is -4.31. The molecule has 2 aromatic carbocycles. The molecule has 2 heterocycles. The van der Waals surface area contributed by atoms with E-state index in [4.69, 9.17) is 16.3 Å². The molecule has 0 atom stereocenters. The summed E-state index contributed by atoms with van der Waals surface area (Å²) in [5.74, 6) is -1.26. The van der Waals surface area contributed by atoms with Crippen LogP contribution < -0.4 is 5.32 Å². The van der Waals surface area contributed by atoms with Crippen LogP contribution in [-0.4, -0.2) is 38.2 Å². The number of nitro benzene ring substituents is 1. The highest BCUT2D eigenvalue weighted by Gasteiger charge is 2.26. The number of para-hydroxylation sites is 1. The van der Waals surface area contributed by atoms with E-state index < -0.39 is 22.5 Å². The third kappa shape index (κ3) is 4.37. The number of pyridine rings is 1. The number of fused-ring (bicyclic) bond motifs is 1. The molecule has 33 heavy (non-hydrogen) atoms. The van der Waals surface area contributed by atoms with Gasteiger partial charge in [0, 0.05) is 16.5 Å². The number of halogens is 1. The highest BCUT2D eigenvalue weighted by atomic mass is 35.5. The van der Waals surface area contributed by atoms with Crippen molar-refractivity contribution < 1.29 is 19.2 Å². The quantitative estimate of drug-likeness (QED) is 0.253. The van der Waals surface area contributed by atoms with E-state index in [1.54, 1.807) is 13.0 Å². The van der Waals surface area contributed by atoms with Gasteiger partial charge in [-0.05, 0) is 37.3 Å². The summed E-state index contributed by atoms with van der Waals surface area (Å²) in [6.45, 7) is 1.75. The normalized spacial score (nSPS) is 10.7. The zero-order valence-corrected chi connectivity index (χ0v) is 17.9. The predicted molar refractivity (Wildman–Crippen MR) is 121 cm³/mol. The molecule has 10 nitrogen and oxygen atoms in total. The molecule has 0 fully saturated rings. The molecule has 0 bridgehead atoms. The van der Waals surface area contributed by atoms with Gasteiger partial charge < -0.3 is 10.1 Å². The first-order valence-electron chi connectivity index (χ1n) is 9.75. The largest absolute Gasteiger partial charge is 0.462 e. The van der Waals surface area contributed by atoms with E-state index in [1.165, 1.54) is 23.0 Å². The van der Waals surface area contributed by atoms with Crippen molar-refractivity contribution in [2.45, 2.75) is 6.92 Å². The van der Waals surface area contributed by atoms with E-state index in [-0.39, 0.29) is 28.6 Å². The number of hydrogen-bond donors (Lipinski definition) is 1. The topological polar surface area (TPSA) is 129 Å². The van der Waals surface area contributed by atoms with Crippen molar-refractivity contribution >= 4 is 45.9 Å². The van der Waals surface area contributed by atoms with Gasteiger partial charge in [0.15, 0.2) is 11.6 Å². The fourth-order valence-corrected chi connectivity index (χ4v) is 3.36. The Morgan fingerprint density at radius 2 is 1.94 bits per heavy atom. The smallest absolute Gasteiger partial charge is 0.343 e. The van der Waals surface area contributed by atoms with Gasteiger partial charge in [-0.2, -0.15) is 9.78 Å². The summed E-state index contributed by atoms with van der Waals surface area (Å²) >= 11 is 5.84. The molecule has 2 aromatic heterocycles. The number of hydrogen-bond acceptors (Lipinski definition) is 7. The number of anilines is 1. The number of carbonyl (C=O) groups excluding carboxylic acids is 2. The first-order valence-corrected chi connectivity index (χ1v) is 10.1. The molecule has 0 aliphatic carbocycles. The first kappa shape index (κ1) is 21.9. The van der Waals surface area contributed by atoms with E-state index in [0.717, 1.165) is 11.5 Å². The second kappa shape index (κ2) is 9.05. The minimum Gasteiger partial charge on any atom is -0.462 e. The van der Waals surface area contributed by atoms with Crippen LogP contribution in [0.25, 0.3) is 16.7 Å². The molecule has 0 saturated carbocycles. The van der Waals surface area contributed by atoms with E-state index in [0.29, 0.717) is 11.3 Å². The number of carbonyl (C=O) groups is 2. The third-order valence-corrected chi connectivity index (χ3v) is 4.93. The van der Waals surface area contributed by atoms with Crippen molar-refractivity contribution in [1.82, 2.24) is 14.8 Å². The van der Waals surface area contributed by atoms with Gasteiger partial charge in [0.1, 0.15) is 11.1 Å². The van der Waals surface area contributed by atoms with Crippen LogP contribution in [0.2, 0.25) is 5.02 Å². The summed E-state index contributed by atoms with van der Waals surface area (Å²) in [7, 11) is 0. The summed E-state index contributed by atoms with van der Waals surface area (Å²) < 4.78 is 6.33. The molecule has 166 valence electrons. The van der Waals surface area contributed by atoms with Crippen LogP contribution in [-0.2, 0) is 4.74 Å². The molecule has 0 aliphatic rings. The number of rotatable bonds is 6. The van der Waals surface area contributed by atoms with Gasteiger partial charge in [-0.3, -0.25) is 14.9 Å². The van der Waals surface area contributed by atoms with Gasteiger partial charge in [-0.15, -0.1) is 0 Å². The van der Waals surface area contributed by atoms with Crippen molar-refractivity contribution in [2.24, 2.45) is 0 Å². The Morgan fingerprint density at radius 3 is 2.70 bits per heavy atom. The maximum atomic E-state index is 13.0. The second-order valence-electron chi connectivity index (χ2n) is 6.77. The van der Waals surface area contributed by atoms with Crippen molar-refractivity contribution in [3.63, 3.8) is 0 Å². The molecule has 0 unspecified atom stereocenters. The lowest BCUT2D eigenvalue weighted by molar-refractivity contribution is -0.385. The van der Waals surface area contributed by atoms with Crippen LogP contribution >= 0.6 is 11.6 Å². The lowest BCUT2D eigenvalue weighted by Crippen LogP contribution is -2.19. The number of nitrogens with zero attached hydrogens (tertiary/aromatic N) is 4. The number of ether oxygens (including phenoxy) is 1. The fourth-order valence-electron chi connectivity index (χ4n) is 3.20. The number of benzene rings is 2. The SMILES string of the molecule is CCOC(=O)c1cnn(-c2ccc3ccccc3n2)c1NC(=O)c1ccc(Cl)cc1[N+](=O)[O-]. The number of amides is 1. The number of nitrogens with one attached hydrogen (secondary N) is 1. The van der Waals surface area contributed by atoms with E-state index in [1.807, 2.05) is 30.3 Å². The Labute approximate surface area is 191 Å². The van der Waals surface area contributed by atoms with Gasteiger partial charge in [-0.1, -0.05) is 29.8 Å². The zero-order valence-electron chi connectivity index (χ0n) is 17.2. The molecule has 0 spiro atoms. The lowest BCUT2D eigenvalue weighted by Gasteiger charge is -2.11. The Morgan fingerprint density at radius 1 is 1.15 bits per heavy atom. The summed E-state index contributed by atoms with van der Waals surface area (Å²) in [5, 5.41) is 19.2. The summed E-state index contributed by atoms with van der Waals surface area (Å²) in [6.07, 6.45) is 1.24. The first-order chi connectivity index (χ1) is 15.9. The molecule has 4 rings (SSSR count). The molecule has 11 heteroatoms. The van der Waals surface area contributed by atoms with Gasteiger partial charge in [0.2, 0.25) is 0 Å². The molecule has 4 aromatic rings. The van der Waals surface area contributed by atoms with Crippen molar-refractivity contribution in [3.8, 4) is 5.82 Å². The molecule has 0 radical (unpaired) electrons. The van der Waals surface area contributed by atoms with Gasteiger partial charge in [0.25, 0.3) is 11.6 Å². The van der Waals surface area contributed by atoms with Crippen molar-refractivity contribution in [2.75, 3.05) is 11.9 Å². The average Bonchev–Trinajstić information content (AvgIpc) is 3.22. The zero-order chi connectivity index (χ0) is 23.5. The highest BCUT2D eigenvalue weighted by Crippen LogP contribution is 2.27. The standard InChI is InChI=1S/C22H16ClN5O5/c1-2-33-22(30)16-12-24-27(19-10-7-13-5-3-4-6-17(13)25-19)20(16)26-21(29)15-9-8-14(23)11-18(15)28(31)32/h3-12H,2H2,1H3,(H,26,29). The molecular formula is C22H16ClN5O5. The third-order valence-electron chi connectivity index (χ3n) is 4.70. The van der Waals surface area contributed by atoms with E-state index in [9.17, 15) is 19.7 Å². The monoisotopic (exact) mass is 465 g/mol.